The molecule has 1 nitrogen and oxygen atoms in total. The number of allylic oxidation sites excluding steroid dienone is 1. The Morgan fingerprint density at radius 1 is 1.22 bits per heavy atom. The molecule has 1 aliphatic rings. The quantitative estimate of drug-likeness (QED) is 0.713. The molecule has 0 atom stereocenters. The second kappa shape index (κ2) is 4.24. The first kappa shape index (κ1) is 11.5. The average molecular weight is 237 g/mol. The van der Waals surface area contributed by atoms with Gasteiger partial charge in [-0.15, -0.1) is 0 Å². The minimum absolute atomic E-state index is 1.12. The van der Waals surface area contributed by atoms with Gasteiger partial charge in [-0.3, -0.25) is 4.98 Å². The molecule has 92 valence electrons. The lowest BCUT2D eigenvalue weighted by Crippen LogP contribution is -2.08. The van der Waals surface area contributed by atoms with Gasteiger partial charge in [-0.2, -0.15) is 0 Å². The molecule has 1 aromatic carbocycles. The molecule has 0 saturated heterocycles. The van der Waals surface area contributed by atoms with Crippen molar-refractivity contribution in [2.75, 3.05) is 0 Å². The summed E-state index contributed by atoms with van der Waals surface area (Å²) < 4.78 is 0. The lowest BCUT2D eigenvalue weighted by atomic mass is 9.90. The van der Waals surface area contributed by atoms with Gasteiger partial charge in [0.2, 0.25) is 0 Å². The van der Waals surface area contributed by atoms with Gasteiger partial charge in [-0.1, -0.05) is 18.2 Å². The van der Waals surface area contributed by atoms with E-state index < -0.39 is 0 Å². The van der Waals surface area contributed by atoms with Crippen molar-refractivity contribution in [2.24, 2.45) is 0 Å². The zero-order valence-electron chi connectivity index (χ0n) is 11.2. The zero-order valence-corrected chi connectivity index (χ0v) is 11.2. The van der Waals surface area contributed by atoms with Crippen LogP contribution in [0.4, 0.5) is 0 Å². The van der Waals surface area contributed by atoms with Gasteiger partial charge in [0.05, 0.1) is 5.52 Å². The summed E-state index contributed by atoms with van der Waals surface area (Å²) in [6.45, 7) is 8.33. The summed E-state index contributed by atoms with van der Waals surface area (Å²) in [7, 11) is 0. The normalized spacial score (nSPS) is 14.6. The van der Waals surface area contributed by atoms with Crippen molar-refractivity contribution in [1.82, 2.24) is 4.98 Å². The first-order valence-corrected chi connectivity index (χ1v) is 6.75. The summed E-state index contributed by atoms with van der Waals surface area (Å²) in [5.74, 6) is 0. The monoisotopic (exact) mass is 237 g/mol. The van der Waals surface area contributed by atoms with Crippen LogP contribution in [-0.2, 0) is 12.8 Å². The molecule has 0 saturated carbocycles. The van der Waals surface area contributed by atoms with Crippen molar-refractivity contribution in [3.8, 4) is 0 Å². The third kappa shape index (κ3) is 1.74. The maximum Gasteiger partial charge on any atom is 0.0708 e. The molecular weight excluding hydrogens is 218 g/mol. The van der Waals surface area contributed by atoms with Gasteiger partial charge in [-0.25, -0.2) is 0 Å². The van der Waals surface area contributed by atoms with Crippen LogP contribution in [0.25, 0.3) is 16.5 Å². The summed E-state index contributed by atoms with van der Waals surface area (Å²) in [5.41, 5.74) is 7.73. The number of pyridine rings is 1. The predicted octanol–water partition coefficient (Wildman–Crippen LogP) is 4.46. The van der Waals surface area contributed by atoms with E-state index in [1.807, 2.05) is 0 Å². The maximum absolute atomic E-state index is 4.85. The van der Waals surface area contributed by atoms with E-state index >= 15 is 0 Å². The molecule has 1 heteroatoms. The van der Waals surface area contributed by atoms with Crippen LogP contribution in [0.2, 0.25) is 0 Å². The van der Waals surface area contributed by atoms with Crippen molar-refractivity contribution >= 4 is 16.5 Å². The minimum atomic E-state index is 1.12. The van der Waals surface area contributed by atoms with E-state index in [0.717, 1.165) is 17.5 Å². The second-order valence-electron chi connectivity index (χ2n) is 5.38. The number of fused-ring (bicyclic) bond motifs is 2. The second-order valence-corrected chi connectivity index (χ2v) is 5.38. The maximum atomic E-state index is 4.85. The highest BCUT2D eigenvalue weighted by atomic mass is 14.7. The average Bonchev–Trinajstić information content (AvgIpc) is 2.38. The number of aromatic nitrogens is 1. The smallest absolute Gasteiger partial charge is 0.0708 e. The third-order valence-electron chi connectivity index (χ3n) is 4.04. The Bertz CT molecular complexity index is 638. The van der Waals surface area contributed by atoms with E-state index in [1.54, 1.807) is 0 Å². The van der Waals surface area contributed by atoms with E-state index in [1.165, 1.54) is 47.0 Å². The van der Waals surface area contributed by atoms with Gasteiger partial charge in [0, 0.05) is 11.1 Å². The van der Waals surface area contributed by atoms with Crippen LogP contribution in [0.5, 0.6) is 0 Å². The number of aryl methyl sites for hydroxylation is 2. The highest BCUT2D eigenvalue weighted by Crippen LogP contribution is 2.30. The molecule has 18 heavy (non-hydrogen) atoms. The summed E-state index contributed by atoms with van der Waals surface area (Å²) >= 11 is 0. The van der Waals surface area contributed by atoms with E-state index in [2.05, 4.69) is 38.6 Å². The summed E-state index contributed by atoms with van der Waals surface area (Å²) in [4.78, 5) is 4.85. The van der Waals surface area contributed by atoms with Gasteiger partial charge < -0.3 is 0 Å². The molecule has 0 bridgehead atoms. The Hall–Kier alpha value is -1.63. The highest BCUT2D eigenvalue weighted by Gasteiger charge is 2.15. The van der Waals surface area contributed by atoms with Crippen molar-refractivity contribution in [1.29, 1.82) is 0 Å². The fraction of sp³-hybridized carbons (Fsp3) is 0.353. The van der Waals surface area contributed by atoms with Gasteiger partial charge >= 0.3 is 0 Å². The molecule has 0 radical (unpaired) electrons. The molecule has 0 spiro atoms. The molecular formula is C17H19N. The van der Waals surface area contributed by atoms with Crippen molar-refractivity contribution in [3.05, 3.63) is 47.2 Å². The molecule has 0 amide bonds. The molecule has 1 aromatic heterocycles. The molecule has 0 fully saturated rings. The largest absolute Gasteiger partial charge is 0.253 e. The minimum Gasteiger partial charge on any atom is -0.253 e. The summed E-state index contributed by atoms with van der Waals surface area (Å²) in [5, 5.41) is 1.30. The lowest BCUT2D eigenvalue weighted by molar-refractivity contribution is 0.668. The zero-order chi connectivity index (χ0) is 12.7. The van der Waals surface area contributed by atoms with E-state index in [0.29, 0.717) is 0 Å². The Morgan fingerprint density at radius 3 is 2.78 bits per heavy atom. The fourth-order valence-electron chi connectivity index (χ4n) is 2.92. The van der Waals surface area contributed by atoms with Crippen LogP contribution in [0.15, 0.2) is 24.8 Å². The van der Waals surface area contributed by atoms with Crippen LogP contribution < -0.4 is 0 Å². The molecule has 0 unspecified atom stereocenters. The number of benzene rings is 1. The Morgan fingerprint density at radius 2 is 2.00 bits per heavy atom. The lowest BCUT2D eigenvalue weighted by Gasteiger charge is -2.19. The van der Waals surface area contributed by atoms with Gasteiger partial charge in [0.25, 0.3) is 0 Å². The predicted molar refractivity (Wildman–Crippen MR) is 77.8 cm³/mol. The number of hydrogen-bond acceptors (Lipinski definition) is 1. The Balaban J connectivity index is 2.29. The fourth-order valence-corrected chi connectivity index (χ4v) is 2.92. The topological polar surface area (TPSA) is 12.9 Å². The Labute approximate surface area is 109 Å². The molecule has 0 aliphatic heterocycles. The van der Waals surface area contributed by atoms with Crippen molar-refractivity contribution < 1.29 is 0 Å². The summed E-state index contributed by atoms with van der Waals surface area (Å²) in [6, 6.07) is 6.52. The van der Waals surface area contributed by atoms with Crippen molar-refractivity contribution in [2.45, 2.75) is 39.5 Å². The Kier molecular flexibility index (Phi) is 2.70. The highest BCUT2D eigenvalue weighted by molar-refractivity contribution is 5.86. The molecule has 1 aliphatic carbocycles. The van der Waals surface area contributed by atoms with Crippen LogP contribution in [0.3, 0.4) is 0 Å². The van der Waals surface area contributed by atoms with Crippen LogP contribution in [0, 0.1) is 6.92 Å². The van der Waals surface area contributed by atoms with E-state index in [4.69, 9.17) is 4.98 Å². The molecule has 0 N–H and O–H groups in total. The standard InChI is InChI=1S/C17H19N/c1-11(2)13-8-9-17-15(10-13)12(3)14-6-4-5-7-16(14)18-17/h8-10H,1,4-7H2,2-3H3. The van der Waals surface area contributed by atoms with Crippen LogP contribution in [0.1, 0.15) is 42.1 Å². The third-order valence-corrected chi connectivity index (χ3v) is 4.04. The number of nitrogens with zero attached hydrogens (tertiary/aromatic N) is 1. The number of rotatable bonds is 1. The molecule has 2 aromatic rings. The van der Waals surface area contributed by atoms with Crippen LogP contribution >= 0.6 is 0 Å². The van der Waals surface area contributed by atoms with Gasteiger partial charge in [0.15, 0.2) is 0 Å². The first-order valence-electron chi connectivity index (χ1n) is 6.75. The summed E-state index contributed by atoms with van der Waals surface area (Å²) in [6.07, 6.45) is 4.94. The first-order chi connectivity index (χ1) is 8.66. The van der Waals surface area contributed by atoms with Crippen LogP contribution in [-0.4, -0.2) is 4.98 Å². The molecule has 1 heterocycles. The van der Waals surface area contributed by atoms with Gasteiger partial charge in [-0.05, 0) is 68.4 Å². The van der Waals surface area contributed by atoms with Crippen molar-refractivity contribution in [3.63, 3.8) is 0 Å². The van der Waals surface area contributed by atoms with Gasteiger partial charge in [0.1, 0.15) is 0 Å². The SMILES string of the molecule is C=C(C)c1ccc2nc3c(c(C)c2c1)CCCC3. The van der Waals surface area contributed by atoms with E-state index in [9.17, 15) is 0 Å². The van der Waals surface area contributed by atoms with E-state index in [-0.39, 0.29) is 0 Å². The molecule has 3 rings (SSSR count). The number of hydrogen-bond donors (Lipinski definition) is 0.